The number of hydrogen-bond acceptors (Lipinski definition) is 4. The third-order valence-electron chi connectivity index (χ3n) is 3.52. The minimum atomic E-state index is 0.134. The zero-order chi connectivity index (χ0) is 14.5. The number of rotatable bonds is 6. The first-order valence-corrected chi connectivity index (χ1v) is 7.59. The van der Waals surface area contributed by atoms with E-state index in [0.717, 1.165) is 18.0 Å². The van der Waals surface area contributed by atoms with Crippen molar-refractivity contribution in [2.24, 2.45) is 0 Å². The van der Waals surface area contributed by atoms with E-state index in [9.17, 15) is 0 Å². The molecule has 2 rings (SSSR count). The van der Waals surface area contributed by atoms with E-state index in [1.54, 1.807) is 0 Å². The van der Waals surface area contributed by atoms with E-state index in [1.165, 1.54) is 25.9 Å². The number of nitrogens with two attached hydrogens (primary N) is 1. The van der Waals surface area contributed by atoms with Gasteiger partial charge in [-0.25, -0.2) is 0 Å². The molecular formula is C16H27N3O. The molecule has 3 N–H and O–H groups in total. The van der Waals surface area contributed by atoms with Gasteiger partial charge in [-0.1, -0.05) is 0 Å². The van der Waals surface area contributed by atoms with E-state index in [2.05, 4.69) is 17.1 Å². The Balaban J connectivity index is 1.94. The first kappa shape index (κ1) is 15.0. The number of nitrogens with zero attached hydrogens (tertiary/aromatic N) is 1. The lowest BCUT2D eigenvalue weighted by Gasteiger charge is -2.22. The van der Waals surface area contributed by atoms with Crippen LogP contribution in [0.1, 0.15) is 33.6 Å². The number of ether oxygens (including phenoxy) is 1. The number of likely N-dealkylation sites (tertiary alicyclic amines) is 1. The lowest BCUT2D eigenvalue weighted by molar-refractivity contribution is 0.244. The molecule has 0 amide bonds. The molecular weight excluding hydrogens is 250 g/mol. The number of nitrogens with one attached hydrogen (secondary N) is 1. The fourth-order valence-electron chi connectivity index (χ4n) is 2.66. The molecule has 1 fully saturated rings. The molecule has 0 aromatic heterocycles. The Bertz CT molecular complexity index is 428. The van der Waals surface area contributed by atoms with Crippen molar-refractivity contribution >= 4 is 11.4 Å². The van der Waals surface area contributed by atoms with Crippen LogP contribution in [0.15, 0.2) is 18.2 Å². The molecule has 4 heteroatoms. The first-order chi connectivity index (χ1) is 9.54. The molecule has 1 aliphatic rings. The summed E-state index contributed by atoms with van der Waals surface area (Å²) in [7, 11) is 0. The van der Waals surface area contributed by atoms with Gasteiger partial charge >= 0.3 is 0 Å². The van der Waals surface area contributed by atoms with Crippen molar-refractivity contribution in [2.45, 2.75) is 45.8 Å². The van der Waals surface area contributed by atoms with Crippen molar-refractivity contribution in [3.8, 4) is 5.75 Å². The maximum atomic E-state index is 5.94. The smallest absolute Gasteiger partial charge is 0.144 e. The fourth-order valence-corrected chi connectivity index (χ4v) is 2.66. The summed E-state index contributed by atoms with van der Waals surface area (Å²) in [5.74, 6) is 0.762. The molecule has 112 valence electrons. The Kier molecular flexibility index (Phi) is 5.12. The van der Waals surface area contributed by atoms with Crippen LogP contribution in [0, 0.1) is 0 Å². The van der Waals surface area contributed by atoms with E-state index in [4.69, 9.17) is 10.5 Å². The molecule has 1 aromatic rings. The van der Waals surface area contributed by atoms with Gasteiger partial charge in [0.25, 0.3) is 0 Å². The molecule has 0 radical (unpaired) electrons. The summed E-state index contributed by atoms with van der Waals surface area (Å²) in [6.07, 6.45) is 2.80. The van der Waals surface area contributed by atoms with Crippen LogP contribution in [0.2, 0.25) is 0 Å². The molecule has 1 saturated heterocycles. The van der Waals surface area contributed by atoms with Gasteiger partial charge in [-0.3, -0.25) is 0 Å². The summed E-state index contributed by atoms with van der Waals surface area (Å²) in [5, 5.41) is 3.53. The van der Waals surface area contributed by atoms with Gasteiger partial charge in [0.1, 0.15) is 5.75 Å². The highest BCUT2D eigenvalue weighted by Crippen LogP contribution is 2.27. The van der Waals surface area contributed by atoms with Crippen LogP contribution >= 0.6 is 0 Å². The molecule has 0 aliphatic carbocycles. The summed E-state index contributed by atoms with van der Waals surface area (Å²) < 4.78 is 5.73. The number of anilines is 2. The quantitative estimate of drug-likeness (QED) is 0.785. The molecule has 20 heavy (non-hydrogen) atoms. The predicted octanol–water partition coefficient (Wildman–Crippen LogP) is 2.95. The van der Waals surface area contributed by atoms with Crippen molar-refractivity contribution in [3.63, 3.8) is 0 Å². The Hall–Kier alpha value is -1.42. The lowest BCUT2D eigenvalue weighted by Crippen LogP contribution is -2.32. The molecule has 1 heterocycles. The average Bonchev–Trinajstić information content (AvgIpc) is 2.85. The largest absolute Gasteiger partial charge is 0.489 e. The molecule has 1 unspecified atom stereocenters. The van der Waals surface area contributed by atoms with Gasteiger partial charge < -0.3 is 20.7 Å². The van der Waals surface area contributed by atoms with Gasteiger partial charge in [-0.05, 0) is 58.8 Å². The Morgan fingerprint density at radius 3 is 2.60 bits per heavy atom. The summed E-state index contributed by atoms with van der Waals surface area (Å²) in [4.78, 5) is 2.51. The van der Waals surface area contributed by atoms with Gasteiger partial charge in [-0.2, -0.15) is 0 Å². The van der Waals surface area contributed by atoms with Crippen molar-refractivity contribution in [1.29, 1.82) is 0 Å². The van der Waals surface area contributed by atoms with E-state index in [-0.39, 0.29) is 6.10 Å². The average molecular weight is 277 g/mol. The zero-order valence-electron chi connectivity index (χ0n) is 12.9. The second-order valence-corrected chi connectivity index (χ2v) is 5.97. The summed E-state index contributed by atoms with van der Waals surface area (Å²) in [5.41, 5.74) is 7.70. The second kappa shape index (κ2) is 6.84. The lowest BCUT2D eigenvalue weighted by atomic mass is 10.2. The van der Waals surface area contributed by atoms with Gasteiger partial charge in [0.15, 0.2) is 0 Å². The normalized spacial score (nSPS) is 17.4. The Morgan fingerprint density at radius 2 is 1.95 bits per heavy atom. The highest BCUT2D eigenvalue weighted by molar-refractivity contribution is 5.61. The maximum absolute atomic E-state index is 5.94. The van der Waals surface area contributed by atoms with E-state index in [1.807, 2.05) is 32.0 Å². The SMILES string of the molecule is CC(CN1CCCC1)Nc1ccc(N)c(OC(C)C)c1. The van der Waals surface area contributed by atoms with Crippen molar-refractivity contribution in [3.05, 3.63) is 18.2 Å². The molecule has 0 spiro atoms. The number of hydrogen-bond donors (Lipinski definition) is 2. The zero-order valence-corrected chi connectivity index (χ0v) is 12.9. The summed E-state index contributed by atoms with van der Waals surface area (Å²) >= 11 is 0. The standard InChI is InChI=1S/C16H27N3O/c1-12(2)20-16-10-14(6-7-15(16)17)18-13(3)11-19-8-4-5-9-19/h6-7,10,12-13,18H,4-5,8-9,11,17H2,1-3H3. The Morgan fingerprint density at radius 1 is 1.25 bits per heavy atom. The maximum Gasteiger partial charge on any atom is 0.144 e. The van der Waals surface area contributed by atoms with Crippen molar-refractivity contribution in [1.82, 2.24) is 4.90 Å². The van der Waals surface area contributed by atoms with Crippen LogP contribution in [0.25, 0.3) is 0 Å². The van der Waals surface area contributed by atoms with Gasteiger partial charge in [0, 0.05) is 24.3 Å². The summed E-state index contributed by atoms with van der Waals surface area (Å²) in [6.45, 7) is 9.79. The molecule has 1 atom stereocenters. The third kappa shape index (κ3) is 4.30. The number of benzene rings is 1. The fraction of sp³-hybridized carbons (Fsp3) is 0.625. The minimum absolute atomic E-state index is 0.134. The summed E-state index contributed by atoms with van der Waals surface area (Å²) in [6, 6.07) is 6.34. The van der Waals surface area contributed by atoms with Crippen molar-refractivity contribution < 1.29 is 4.74 Å². The number of nitrogen functional groups attached to an aromatic ring is 1. The highest BCUT2D eigenvalue weighted by Gasteiger charge is 2.14. The molecule has 4 nitrogen and oxygen atoms in total. The molecule has 1 aliphatic heterocycles. The topological polar surface area (TPSA) is 50.5 Å². The van der Waals surface area contributed by atoms with Crippen LogP contribution in [0.3, 0.4) is 0 Å². The van der Waals surface area contributed by atoms with Crippen LogP contribution < -0.4 is 15.8 Å². The highest BCUT2D eigenvalue weighted by atomic mass is 16.5. The van der Waals surface area contributed by atoms with Gasteiger partial charge in [0.2, 0.25) is 0 Å². The van der Waals surface area contributed by atoms with Crippen LogP contribution in [-0.2, 0) is 0 Å². The Labute approximate surface area is 122 Å². The minimum Gasteiger partial charge on any atom is -0.489 e. The van der Waals surface area contributed by atoms with Crippen molar-refractivity contribution in [2.75, 3.05) is 30.7 Å². The van der Waals surface area contributed by atoms with E-state index < -0.39 is 0 Å². The second-order valence-electron chi connectivity index (χ2n) is 5.97. The monoisotopic (exact) mass is 277 g/mol. The van der Waals surface area contributed by atoms with E-state index in [0.29, 0.717) is 11.7 Å². The predicted molar refractivity (Wildman–Crippen MR) is 85.4 cm³/mol. The van der Waals surface area contributed by atoms with Crippen LogP contribution in [-0.4, -0.2) is 36.7 Å². The first-order valence-electron chi connectivity index (χ1n) is 7.59. The third-order valence-corrected chi connectivity index (χ3v) is 3.52. The van der Waals surface area contributed by atoms with E-state index >= 15 is 0 Å². The van der Waals surface area contributed by atoms with Gasteiger partial charge in [-0.15, -0.1) is 0 Å². The molecule has 1 aromatic carbocycles. The van der Waals surface area contributed by atoms with Gasteiger partial charge in [0.05, 0.1) is 11.8 Å². The van der Waals surface area contributed by atoms with Crippen LogP contribution in [0.5, 0.6) is 5.75 Å². The molecule has 0 bridgehead atoms. The van der Waals surface area contributed by atoms with Crippen LogP contribution in [0.4, 0.5) is 11.4 Å². The molecule has 0 saturated carbocycles.